The van der Waals surface area contributed by atoms with E-state index in [4.69, 9.17) is 24.5 Å². The summed E-state index contributed by atoms with van der Waals surface area (Å²) in [6, 6.07) is 6.74. The summed E-state index contributed by atoms with van der Waals surface area (Å²) in [5.41, 5.74) is 6.59. The molecule has 0 aromatic heterocycles. The Morgan fingerprint density at radius 1 is 0.880 bits per heavy atom. The summed E-state index contributed by atoms with van der Waals surface area (Å²) < 4.78 is 47.1. The molecule has 0 atom stereocenters. The lowest BCUT2D eigenvalue weighted by Gasteiger charge is -2.09. The second kappa shape index (κ2) is 7.36. The number of nitrogen functional groups attached to an aromatic ring is 1. The topological polar surface area (TPSA) is 133 Å². The number of anilines is 1. The summed E-state index contributed by atoms with van der Waals surface area (Å²) >= 11 is 0. The summed E-state index contributed by atoms with van der Waals surface area (Å²) in [5.74, 6) is 1.01. The second-order valence-corrected chi connectivity index (χ2v) is 6.20. The Kier molecular flexibility index (Phi) is 5.45. The third-order valence-electron chi connectivity index (χ3n) is 3.24. The molecule has 0 bridgehead atoms. The Morgan fingerprint density at radius 3 is 1.96 bits per heavy atom. The van der Waals surface area contributed by atoms with Crippen molar-refractivity contribution in [1.29, 1.82) is 0 Å². The maximum Gasteiger partial charge on any atom is 0.294 e. The van der Waals surface area contributed by atoms with Gasteiger partial charge in [0.1, 0.15) is 28.6 Å². The molecule has 0 heterocycles. The van der Waals surface area contributed by atoms with Crippen LogP contribution >= 0.6 is 0 Å². The first kappa shape index (κ1) is 18.5. The van der Waals surface area contributed by atoms with Crippen LogP contribution in [0.4, 0.5) is 17.1 Å². The van der Waals surface area contributed by atoms with Gasteiger partial charge >= 0.3 is 0 Å². The van der Waals surface area contributed by atoms with Crippen molar-refractivity contribution in [1.82, 2.24) is 0 Å². The van der Waals surface area contributed by atoms with Crippen molar-refractivity contribution in [3.8, 4) is 17.2 Å². The third-order valence-corrected chi connectivity index (χ3v) is 4.09. The van der Waals surface area contributed by atoms with Crippen LogP contribution in [0.3, 0.4) is 0 Å². The average molecular weight is 367 g/mol. The van der Waals surface area contributed by atoms with Crippen LogP contribution in [0.25, 0.3) is 0 Å². The molecule has 134 valence electrons. The molecule has 0 amide bonds. The van der Waals surface area contributed by atoms with Gasteiger partial charge in [-0.2, -0.15) is 8.42 Å². The Balaban J connectivity index is 2.52. The molecular formula is C15H17N3O6S. The van der Waals surface area contributed by atoms with Crippen LogP contribution in [0.1, 0.15) is 0 Å². The summed E-state index contributed by atoms with van der Waals surface area (Å²) in [6.07, 6.45) is 0. The molecule has 0 aliphatic rings. The molecule has 0 spiro atoms. The third kappa shape index (κ3) is 4.17. The van der Waals surface area contributed by atoms with Crippen molar-refractivity contribution in [3.05, 3.63) is 30.3 Å². The number of rotatable bonds is 6. The molecule has 0 unspecified atom stereocenters. The zero-order chi connectivity index (χ0) is 18.6. The highest BCUT2D eigenvalue weighted by Crippen LogP contribution is 2.38. The van der Waals surface area contributed by atoms with E-state index < -0.39 is 10.1 Å². The predicted octanol–water partition coefficient (Wildman–Crippen LogP) is 2.96. The second-order valence-electron chi connectivity index (χ2n) is 4.77. The first-order valence-corrected chi connectivity index (χ1v) is 8.33. The summed E-state index contributed by atoms with van der Waals surface area (Å²) in [4.78, 5) is -0.330. The van der Waals surface area contributed by atoms with E-state index in [2.05, 4.69) is 10.2 Å². The Hall–Kier alpha value is -2.85. The van der Waals surface area contributed by atoms with Gasteiger partial charge in [-0.05, 0) is 18.2 Å². The maximum absolute atomic E-state index is 11.3. The zero-order valence-electron chi connectivity index (χ0n) is 13.8. The highest BCUT2D eigenvalue weighted by molar-refractivity contribution is 7.85. The van der Waals surface area contributed by atoms with Gasteiger partial charge in [0.2, 0.25) is 0 Å². The number of methoxy groups -OCH3 is 3. The number of nitrogens with zero attached hydrogens (tertiary/aromatic N) is 2. The van der Waals surface area contributed by atoms with Gasteiger partial charge in [-0.15, -0.1) is 10.2 Å². The molecule has 2 aromatic carbocycles. The molecular weight excluding hydrogens is 350 g/mol. The van der Waals surface area contributed by atoms with Gasteiger partial charge in [0, 0.05) is 12.1 Å². The van der Waals surface area contributed by atoms with Crippen molar-refractivity contribution >= 4 is 27.2 Å². The van der Waals surface area contributed by atoms with Crippen LogP contribution in [-0.2, 0) is 10.1 Å². The monoisotopic (exact) mass is 367 g/mol. The van der Waals surface area contributed by atoms with E-state index in [1.807, 2.05) is 0 Å². The van der Waals surface area contributed by atoms with Crippen molar-refractivity contribution in [2.45, 2.75) is 4.90 Å². The zero-order valence-corrected chi connectivity index (χ0v) is 14.6. The summed E-state index contributed by atoms with van der Waals surface area (Å²) in [6.45, 7) is 0. The Morgan fingerprint density at radius 2 is 1.44 bits per heavy atom. The van der Waals surface area contributed by atoms with Gasteiger partial charge in [0.05, 0.1) is 31.9 Å². The van der Waals surface area contributed by atoms with Crippen molar-refractivity contribution in [2.75, 3.05) is 27.1 Å². The number of nitrogens with two attached hydrogens (primary N) is 1. The Bertz CT molecular complexity index is 912. The van der Waals surface area contributed by atoms with Gasteiger partial charge in [-0.3, -0.25) is 4.55 Å². The van der Waals surface area contributed by atoms with Gasteiger partial charge in [-0.25, -0.2) is 0 Å². The molecule has 0 saturated carbocycles. The quantitative estimate of drug-likeness (QED) is 0.455. The SMILES string of the molecule is COc1cc(N=Nc2cc(S(=O)(=O)O)ccc2OC)c(OC)cc1N. The molecule has 2 aromatic rings. The first-order chi connectivity index (χ1) is 11.8. The van der Waals surface area contributed by atoms with Crippen LogP contribution in [0.5, 0.6) is 17.2 Å². The summed E-state index contributed by atoms with van der Waals surface area (Å²) in [5, 5.41) is 8.02. The van der Waals surface area contributed by atoms with Crippen molar-refractivity contribution in [2.24, 2.45) is 10.2 Å². The van der Waals surface area contributed by atoms with Crippen LogP contribution in [-0.4, -0.2) is 34.3 Å². The van der Waals surface area contributed by atoms with E-state index in [-0.39, 0.29) is 16.3 Å². The predicted molar refractivity (Wildman–Crippen MR) is 90.9 cm³/mol. The van der Waals surface area contributed by atoms with E-state index >= 15 is 0 Å². The smallest absolute Gasteiger partial charge is 0.294 e. The van der Waals surface area contributed by atoms with Crippen molar-refractivity contribution in [3.63, 3.8) is 0 Å². The Labute approximate surface area is 144 Å². The van der Waals surface area contributed by atoms with Gasteiger partial charge in [-0.1, -0.05) is 0 Å². The lowest BCUT2D eigenvalue weighted by molar-refractivity contribution is 0.405. The van der Waals surface area contributed by atoms with E-state index in [9.17, 15) is 8.42 Å². The fourth-order valence-corrected chi connectivity index (χ4v) is 2.50. The number of ether oxygens (including phenoxy) is 3. The fourth-order valence-electron chi connectivity index (χ4n) is 2.00. The lowest BCUT2D eigenvalue weighted by Crippen LogP contribution is -1.97. The van der Waals surface area contributed by atoms with E-state index in [0.29, 0.717) is 22.9 Å². The fraction of sp³-hybridized carbons (Fsp3) is 0.200. The van der Waals surface area contributed by atoms with E-state index in [0.717, 1.165) is 6.07 Å². The number of hydrogen-bond donors (Lipinski definition) is 2. The van der Waals surface area contributed by atoms with Gasteiger partial charge in [0.15, 0.2) is 0 Å². The van der Waals surface area contributed by atoms with Crippen LogP contribution < -0.4 is 19.9 Å². The standard InChI is InChI=1S/C15H17N3O6S/c1-22-13-5-4-9(25(19,20)21)6-11(13)17-18-12-8-14(23-2)10(16)7-15(12)24-3/h4-8H,16H2,1-3H3,(H,19,20,21). The largest absolute Gasteiger partial charge is 0.495 e. The normalized spacial score (nSPS) is 11.5. The summed E-state index contributed by atoms with van der Waals surface area (Å²) in [7, 11) is -0.0834. The molecule has 0 aliphatic heterocycles. The number of hydrogen-bond acceptors (Lipinski definition) is 8. The molecule has 0 fully saturated rings. The van der Waals surface area contributed by atoms with E-state index in [1.54, 1.807) is 0 Å². The average Bonchev–Trinajstić information content (AvgIpc) is 2.59. The lowest BCUT2D eigenvalue weighted by atomic mass is 10.2. The molecule has 9 nitrogen and oxygen atoms in total. The highest BCUT2D eigenvalue weighted by atomic mass is 32.2. The molecule has 10 heteroatoms. The highest BCUT2D eigenvalue weighted by Gasteiger charge is 2.14. The van der Waals surface area contributed by atoms with Crippen LogP contribution in [0.15, 0.2) is 45.5 Å². The molecule has 0 radical (unpaired) electrons. The molecule has 2 rings (SSSR count). The van der Waals surface area contributed by atoms with Gasteiger partial charge < -0.3 is 19.9 Å². The van der Waals surface area contributed by atoms with Crippen LogP contribution in [0.2, 0.25) is 0 Å². The molecule has 0 saturated heterocycles. The minimum Gasteiger partial charge on any atom is -0.495 e. The van der Waals surface area contributed by atoms with Crippen LogP contribution in [0, 0.1) is 0 Å². The molecule has 3 N–H and O–H groups in total. The number of benzene rings is 2. The maximum atomic E-state index is 11.3. The van der Waals surface area contributed by atoms with Gasteiger partial charge in [0.25, 0.3) is 10.1 Å². The molecule has 25 heavy (non-hydrogen) atoms. The minimum atomic E-state index is -4.38. The number of azo groups is 1. The molecule has 0 aliphatic carbocycles. The van der Waals surface area contributed by atoms with E-state index in [1.165, 1.54) is 45.6 Å². The minimum absolute atomic E-state index is 0.107. The van der Waals surface area contributed by atoms with Crippen molar-refractivity contribution < 1.29 is 27.2 Å². The first-order valence-electron chi connectivity index (χ1n) is 6.89.